The molecule has 0 spiro atoms. The molecule has 0 fully saturated rings. The molecule has 1 amide bonds. The Balaban J connectivity index is 1.80. The van der Waals surface area contributed by atoms with Crippen LogP contribution in [-0.4, -0.2) is 44.1 Å². The third-order valence-corrected chi connectivity index (χ3v) is 7.91. The molecule has 0 saturated carbocycles. The lowest BCUT2D eigenvalue weighted by atomic mass is 10.1. The fraction of sp³-hybridized carbons (Fsp3) is 0.259. The van der Waals surface area contributed by atoms with E-state index >= 15 is 0 Å². The van der Waals surface area contributed by atoms with Gasteiger partial charge in [-0.05, 0) is 72.5 Å². The minimum Gasteiger partial charge on any atom is -0.488 e. The van der Waals surface area contributed by atoms with Crippen LogP contribution in [0.3, 0.4) is 0 Å². The van der Waals surface area contributed by atoms with Crippen molar-refractivity contribution in [3.8, 4) is 16.9 Å². The van der Waals surface area contributed by atoms with Gasteiger partial charge in [-0.1, -0.05) is 58.7 Å². The average molecular weight is 624 g/mol. The first-order chi connectivity index (χ1) is 18.1. The fourth-order valence-corrected chi connectivity index (χ4v) is 5.23. The number of carbonyl (C=O) groups excluding carboxylic acids is 1. The zero-order chi connectivity index (χ0) is 27.7. The minimum atomic E-state index is -4.21. The quantitative estimate of drug-likeness (QED) is 0.224. The van der Waals surface area contributed by atoms with Crippen LogP contribution in [0.1, 0.15) is 26.2 Å². The van der Waals surface area contributed by atoms with E-state index in [1.807, 2.05) is 24.3 Å². The highest BCUT2D eigenvalue weighted by Gasteiger charge is 2.34. The Labute approximate surface area is 235 Å². The lowest BCUT2D eigenvalue weighted by Crippen LogP contribution is -2.51. The molecular weight excluding hydrogens is 596 g/mol. The van der Waals surface area contributed by atoms with E-state index in [-0.39, 0.29) is 17.2 Å². The van der Waals surface area contributed by atoms with Crippen molar-refractivity contribution in [1.82, 2.24) is 10.0 Å². The van der Waals surface area contributed by atoms with Crippen molar-refractivity contribution in [2.24, 2.45) is 0 Å². The number of benzene rings is 3. The molecule has 38 heavy (non-hydrogen) atoms. The molecule has 8 nitrogen and oxygen atoms in total. The summed E-state index contributed by atoms with van der Waals surface area (Å²) in [5, 5.41) is 13.2. The molecule has 0 aromatic heterocycles. The molecule has 2 unspecified atom stereocenters. The number of halogens is 2. The maximum Gasteiger partial charge on any atom is 0.325 e. The van der Waals surface area contributed by atoms with Gasteiger partial charge < -0.3 is 15.2 Å². The molecule has 3 rings (SSSR count). The van der Waals surface area contributed by atoms with Crippen LogP contribution >= 0.6 is 27.5 Å². The number of hydrogen-bond donors (Lipinski definition) is 3. The lowest BCUT2D eigenvalue weighted by Gasteiger charge is -2.26. The van der Waals surface area contributed by atoms with E-state index in [2.05, 4.69) is 26.0 Å². The SMILES string of the molecule is CCC(=O)NCCCC(Oc1ccc(Cl)cc1)C(NS(=O)(=O)c1ccc(-c2ccc(Br)cc2)cc1)C(=O)O. The summed E-state index contributed by atoms with van der Waals surface area (Å²) in [5.41, 5.74) is 1.71. The van der Waals surface area contributed by atoms with Crippen molar-refractivity contribution in [1.29, 1.82) is 0 Å². The number of aliphatic carboxylic acids is 1. The second-order valence-electron chi connectivity index (χ2n) is 8.42. The molecule has 0 bridgehead atoms. The zero-order valence-electron chi connectivity index (χ0n) is 20.6. The second-order valence-corrected chi connectivity index (χ2v) is 11.5. The van der Waals surface area contributed by atoms with Crippen molar-refractivity contribution >= 4 is 49.4 Å². The van der Waals surface area contributed by atoms with E-state index in [9.17, 15) is 23.1 Å². The summed E-state index contributed by atoms with van der Waals surface area (Å²) >= 11 is 9.32. The smallest absolute Gasteiger partial charge is 0.325 e. The van der Waals surface area contributed by atoms with Gasteiger partial charge in [0.1, 0.15) is 11.9 Å². The van der Waals surface area contributed by atoms with Crippen molar-refractivity contribution in [3.05, 3.63) is 82.3 Å². The molecule has 0 heterocycles. The number of carboxylic acids is 1. The van der Waals surface area contributed by atoms with E-state index in [1.54, 1.807) is 43.3 Å². The zero-order valence-corrected chi connectivity index (χ0v) is 23.7. The van der Waals surface area contributed by atoms with Crippen LogP contribution < -0.4 is 14.8 Å². The summed E-state index contributed by atoms with van der Waals surface area (Å²) < 4.78 is 35.5. The van der Waals surface area contributed by atoms with Crippen LogP contribution in [0.4, 0.5) is 0 Å². The van der Waals surface area contributed by atoms with Crippen molar-refractivity contribution in [3.63, 3.8) is 0 Å². The summed E-state index contributed by atoms with van der Waals surface area (Å²) in [6, 6.07) is 18.4. The number of hydrogen-bond acceptors (Lipinski definition) is 5. The minimum absolute atomic E-state index is 0.0786. The van der Waals surface area contributed by atoms with Gasteiger partial charge in [0.25, 0.3) is 0 Å². The maximum absolute atomic E-state index is 13.2. The maximum atomic E-state index is 13.2. The van der Waals surface area contributed by atoms with Gasteiger partial charge in [-0.15, -0.1) is 0 Å². The van der Waals surface area contributed by atoms with Gasteiger partial charge in [0, 0.05) is 22.5 Å². The molecule has 0 aliphatic carbocycles. The molecular formula is C27H28BrClN2O6S. The first kappa shape index (κ1) is 29.6. The summed E-state index contributed by atoms with van der Waals surface area (Å²) in [6.07, 6.45) is -0.210. The van der Waals surface area contributed by atoms with Crippen molar-refractivity contribution < 1.29 is 27.9 Å². The predicted molar refractivity (Wildman–Crippen MR) is 150 cm³/mol. The number of ether oxygens (including phenoxy) is 1. The van der Waals surface area contributed by atoms with Gasteiger partial charge in [-0.2, -0.15) is 4.72 Å². The standard InChI is InChI=1S/C27H28BrClN2O6S/c1-2-25(32)30-17-3-4-24(37-22-13-11-21(29)12-14-22)26(27(33)34)31-38(35,36)23-15-7-19(8-16-23)18-5-9-20(28)10-6-18/h5-16,24,26,31H,2-4,17H2,1H3,(H,30,32)(H,33,34). The van der Waals surface area contributed by atoms with Crippen LogP contribution in [0.15, 0.2) is 82.2 Å². The van der Waals surface area contributed by atoms with Crippen molar-refractivity contribution in [2.75, 3.05) is 6.54 Å². The van der Waals surface area contributed by atoms with Crippen LogP contribution in [0.2, 0.25) is 5.02 Å². The van der Waals surface area contributed by atoms with E-state index in [0.29, 0.717) is 30.2 Å². The lowest BCUT2D eigenvalue weighted by molar-refractivity contribution is -0.141. The predicted octanol–water partition coefficient (Wildman–Crippen LogP) is 5.26. The molecule has 0 aliphatic heterocycles. The molecule has 0 aliphatic rings. The van der Waals surface area contributed by atoms with Crippen LogP contribution in [-0.2, 0) is 19.6 Å². The summed E-state index contributed by atoms with van der Waals surface area (Å²) in [7, 11) is -4.21. The van der Waals surface area contributed by atoms with Crippen LogP contribution in [0.5, 0.6) is 5.75 Å². The van der Waals surface area contributed by atoms with Gasteiger partial charge in [-0.25, -0.2) is 8.42 Å². The molecule has 3 N–H and O–H groups in total. The van der Waals surface area contributed by atoms with Gasteiger partial charge in [0.2, 0.25) is 15.9 Å². The molecule has 11 heteroatoms. The Hall–Kier alpha value is -2.92. The largest absolute Gasteiger partial charge is 0.488 e. The van der Waals surface area contributed by atoms with Gasteiger partial charge in [-0.3, -0.25) is 9.59 Å². The monoisotopic (exact) mass is 622 g/mol. The van der Waals surface area contributed by atoms with E-state index in [0.717, 1.165) is 15.6 Å². The second kappa shape index (κ2) is 13.7. The topological polar surface area (TPSA) is 122 Å². The Morgan fingerprint density at radius 1 is 0.974 bits per heavy atom. The number of rotatable bonds is 13. The van der Waals surface area contributed by atoms with Crippen LogP contribution in [0, 0.1) is 0 Å². The number of amides is 1. The number of nitrogens with one attached hydrogen (secondary N) is 2. The first-order valence-electron chi connectivity index (χ1n) is 11.9. The van der Waals surface area contributed by atoms with E-state index < -0.39 is 28.1 Å². The number of sulfonamides is 1. The summed E-state index contributed by atoms with van der Waals surface area (Å²) in [5.74, 6) is -1.19. The van der Waals surface area contributed by atoms with Gasteiger partial charge >= 0.3 is 5.97 Å². The molecule has 0 saturated heterocycles. The Kier molecular flexibility index (Phi) is 10.7. The van der Waals surface area contributed by atoms with Gasteiger partial charge in [0.15, 0.2) is 6.04 Å². The Bertz CT molecular complexity index is 1330. The highest BCUT2D eigenvalue weighted by molar-refractivity contribution is 9.10. The summed E-state index contributed by atoms with van der Waals surface area (Å²) in [6.45, 7) is 2.02. The third-order valence-electron chi connectivity index (χ3n) is 5.67. The average Bonchev–Trinajstić information content (AvgIpc) is 2.90. The van der Waals surface area contributed by atoms with E-state index in [1.165, 1.54) is 12.1 Å². The highest BCUT2D eigenvalue weighted by Crippen LogP contribution is 2.24. The molecule has 0 radical (unpaired) electrons. The molecule has 3 aromatic carbocycles. The molecule has 202 valence electrons. The summed E-state index contributed by atoms with van der Waals surface area (Å²) in [4.78, 5) is 23.7. The Morgan fingerprint density at radius 3 is 2.11 bits per heavy atom. The fourth-order valence-electron chi connectivity index (χ4n) is 3.63. The molecule has 2 atom stereocenters. The third kappa shape index (κ3) is 8.56. The molecule has 3 aromatic rings. The van der Waals surface area contributed by atoms with Crippen molar-refractivity contribution in [2.45, 2.75) is 43.2 Å². The van der Waals surface area contributed by atoms with Crippen LogP contribution in [0.25, 0.3) is 11.1 Å². The first-order valence-corrected chi connectivity index (χ1v) is 14.5. The highest BCUT2D eigenvalue weighted by atomic mass is 79.9. The van der Waals surface area contributed by atoms with E-state index in [4.69, 9.17) is 16.3 Å². The Morgan fingerprint density at radius 2 is 1.55 bits per heavy atom. The number of carbonyl (C=O) groups is 2. The normalized spacial score (nSPS) is 12.9. The van der Waals surface area contributed by atoms with Gasteiger partial charge in [0.05, 0.1) is 4.90 Å². The number of carboxylic acid groups (broad SMARTS) is 1.